The number of nitro groups is 1. The summed E-state index contributed by atoms with van der Waals surface area (Å²) in [5.41, 5.74) is 9.01. The Kier molecular flexibility index (Phi) is 4.92. The average Bonchev–Trinajstić information content (AvgIpc) is 2.95. The van der Waals surface area contributed by atoms with Crippen LogP contribution in [-0.4, -0.2) is 10.8 Å². The van der Waals surface area contributed by atoms with Gasteiger partial charge in [0.25, 0.3) is 0 Å². The molecule has 0 aliphatic heterocycles. The summed E-state index contributed by atoms with van der Waals surface area (Å²) in [4.78, 5) is 24.3. The molecular weight excluding hydrogens is 403 g/mol. The number of halogens is 1. The van der Waals surface area contributed by atoms with Crippen molar-refractivity contribution in [2.75, 3.05) is 0 Å². The van der Waals surface area contributed by atoms with E-state index < -0.39 is 16.7 Å². The average molecular weight is 410 g/mol. The molecule has 0 unspecified atom stereocenters. The van der Waals surface area contributed by atoms with Crippen molar-refractivity contribution in [1.29, 1.82) is 0 Å². The molecule has 1 amide bonds. The highest BCUT2D eigenvalue weighted by Crippen LogP contribution is 2.24. The molecule has 0 radical (unpaired) electrons. The standard InChI is InChI=1S/C13H7IN4O4/c14-9-3-1-8(2-4-9)11(13(19)16-17-15)7-10-5-6-12(22-10)18(20)21/h1-7H/b11-7+. The van der Waals surface area contributed by atoms with Crippen LogP contribution in [0.3, 0.4) is 0 Å². The lowest BCUT2D eigenvalue weighted by atomic mass is 10.0. The van der Waals surface area contributed by atoms with E-state index in [1.807, 2.05) is 0 Å². The lowest BCUT2D eigenvalue weighted by Gasteiger charge is -2.03. The summed E-state index contributed by atoms with van der Waals surface area (Å²) >= 11 is 2.11. The molecule has 0 bridgehead atoms. The zero-order valence-electron chi connectivity index (χ0n) is 10.8. The van der Waals surface area contributed by atoms with Crippen molar-refractivity contribution < 1.29 is 14.1 Å². The van der Waals surface area contributed by atoms with Crippen molar-refractivity contribution in [2.45, 2.75) is 0 Å². The van der Waals surface area contributed by atoms with Crippen molar-refractivity contribution in [2.24, 2.45) is 5.11 Å². The van der Waals surface area contributed by atoms with E-state index in [1.54, 1.807) is 24.3 Å². The number of nitrogens with zero attached hydrogens (tertiary/aromatic N) is 4. The third kappa shape index (κ3) is 3.71. The van der Waals surface area contributed by atoms with E-state index in [2.05, 4.69) is 32.6 Å². The first kappa shape index (κ1) is 15.7. The Balaban J connectivity index is 2.49. The Morgan fingerprint density at radius 2 is 2.00 bits per heavy atom. The Hall–Kier alpha value is -2.65. The van der Waals surface area contributed by atoms with Crippen molar-refractivity contribution in [3.8, 4) is 0 Å². The van der Waals surface area contributed by atoms with Crippen molar-refractivity contribution in [3.05, 3.63) is 71.8 Å². The second kappa shape index (κ2) is 6.87. The van der Waals surface area contributed by atoms with Gasteiger partial charge in [-0.3, -0.25) is 14.9 Å². The van der Waals surface area contributed by atoms with E-state index in [4.69, 9.17) is 9.95 Å². The van der Waals surface area contributed by atoms with Gasteiger partial charge in [-0.2, -0.15) is 0 Å². The van der Waals surface area contributed by atoms with Crippen LogP contribution in [-0.2, 0) is 4.79 Å². The Labute approximate surface area is 137 Å². The quantitative estimate of drug-likeness (QED) is 0.143. The fourth-order valence-electron chi connectivity index (χ4n) is 1.65. The number of hydrogen-bond donors (Lipinski definition) is 0. The molecule has 1 aromatic carbocycles. The summed E-state index contributed by atoms with van der Waals surface area (Å²) in [5.74, 6) is -1.13. The van der Waals surface area contributed by atoms with Gasteiger partial charge in [0.05, 0.1) is 6.07 Å². The van der Waals surface area contributed by atoms with E-state index in [-0.39, 0.29) is 11.3 Å². The Morgan fingerprint density at radius 3 is 2.55 bits per heavy atom. The Bertz CT molecular complexity index is 804. The minimum Gasteiger partial charge on any atom is -0.401 e. The predicted octanol–water partition coefficient (Wildman–Crippen LogP) is 4.17. The maximum atomic E-state index is 11.9. The van der Waals surface area contributed by atoms with Crippen molar-refractivity contribution >= 4 is 46.0 Å². The normalized spacial score (nSPS) is 10.9. The van der Waals surface area contributed by atoms with Gasteiger partial charge < -0.3 is 4.42 Å². The summed E-state index contributed by atoms with van der Waals surface area (Å²) in [6, 6.07) is 9.44. The molecule has 22 heavy (non-hydrogen) atoms. The number of azide groups is 1. The highest BCUT2D eigenvalue weighted by Gasteiger charge is 2.15. The number of benzene rings is 1. The van der Waals surface area contributed by atoms with Gasteiger partial charge in [-0.05, 0) is 63.1 Å². The summed E-state index contributed by atoms with van der Waals surface area (Å²) in [5, 5.41) is 13.7. The highest BCUT2D eigenvalue weighted by atomic mass is 127. The van der Waals surface area contributed by atoms with Gasteiger partial charge >= 0.3 is 5.88 Å². The minimum absolute atomic E-state index is 0.0819. The number of rotatable bonds is 4. The topological polar surface area (TPSA) is 122 Å². The number of furan rings is 1. The van der Waals surface area contributed by atoms with Crippen LogP contribution in [0.5, 0.6) is 0 Å². The van der Waals surface area contributed by atoms with Gasteiger partial charge in [-0.15, -0.1) is 0 Å². The van der Waals surface area contributed by atoms with Gasteiger partial charge in [0, 0.05) is 14.1 Å². The van der Waals surface area contributed by atoms with E-state index >= 15 is 0 Å². The number of hydrogen-bond acceptors (Lipinski definition) is 4. The van der Waals surface area contributed by atoms with E-state index in [0.717, 1.165) is 3.57 Å². The number of amides is 1. The van der Waals surface area contributed by atoms with E-state index in [1.165, 1.54) is 18.2 Å². The molecule has 9 heteroatoms. The first-order chi connectivity index (χ1) is 10.5. The van der Waals surface area contributed by atoms with Gasteiger partial charge in [-0.25, -0.2) is 0 Å². The van der Waals surface area contributed by atoms with Crippen LogP contribution in [0, 0.1) is 13.7 Å². The molecule has 0 N–H and O–H groups in total. The molecule has 0 saturated carbocycles. The molecule has 2 rings (SSSR count). The minimum atomic E-state index is -0.803. The smallest absolute Gasteiger partial charge is 0.401 e. The van der Waals surface area contributed by atoms with Crippen LogP contribution in [0.1, 0.15) is 11.3 Å². The number of carbonyl (C=O) groups excluding carboxylic acids is 1. The zero-order chi connectivity index (χ0) is 16.1. The van der Waals surface area contributed by atoms with Gasteiger partial charge in [0.1, 0.15) is 10.7 Å². The molecule has 0 saturated heterocycles. The first-order valence-corrected chi connectivity index (χ1v) is 6.90. The van der Waals surface area contributed by atoms with Crippen LogP contribution in [0.15, 0.2) is 45.9 Å². The maximum absolute atomic E-state index is 11.9. The molecule has 0 aliphatic rings. The van der Waals surface area contributed by atoms with Crippen LogP contribution in [0.4, 0.5) is 5.88 Å². The third-order valence-electron chi connectivity index (χ3n) is 2.60. The summed E-state index contributed by atoms with van der Waals surface area (Å²) in [6.45, 7) is 0. The van der Waals surface area contributed by atoms with Crippen molar-refractivity contribution in [3.63, 3.8) is 0 Å². The highest BCUT2D eigenvalue weighted by molar-refractivity contribution is 14.1. The number of carbonyl (C=O) groups is 1. The third-order valence-corrected chi connectivity index (χ3v) is 3.32. The van der Waals surface area contributed by atoms with Gasteiger partial charge in [-0.1, -0.05) is 12.1 Å². The fraction of sp³-hybridized carbons (Fsp3) is 0. The lowest BCUT2D eigenvalue weighted by molar-refractivity contribution is -0.402. The molecule has 0 spiro atoms. The molecule has 0 atom stereocenters. The van der Waals surface area contributed by atoms with Crippen LogP contribution in [0.2, 0.25) is 0 Å². The molecule has 1 aromatic heterocycles. The second-order valence-electron chi connectivity index (χ2n) is 3.99. The summed E-state index contributed by atoms with van der Waals surface area (Å²) in [6.07, 6.45) is 1.30. The van der Waals surface area contributed by atoms with Crippen LogP contribution >= 0.6 is 22.6 Å². The van der Waals surface area contributed by atoms with E-state index in [9.17, 15) is 14.9 Å². The molecule has 0 fully saturated rings. The molecule has 2 aromatic rings. The Morgan fingerprint density at radius 1 is 1.32 bits per heavy atom. The molecule has 0 aliphatic carbocycles. The van der Waals surface area contributed by atoms with E-state index in [0.29, 0.717) is 5.56 Å². The zero-order valence-corrected chi connectivity index (χ0v) is 13.0. The monoisotopic (exact) mass is 410 g/mol. The van der Waals surface area contributed by atoms with Gasteiger partial charge in [0.15, 0.2) is 0 Å². The molecular formula is C13H7IN4O4. The molecule has 8 nitrogen and oxygen atoms in total. The molecule has 110 valence electrons. The second-order valence-corrected chi connectivity index (χ2v) is 5.24. The van der Waals surface area contributed by atoms with Crippen LogP contribution in [0.25, 0.3) is 22.1 Å². The van der Waals surface area contributed by atoms with Crippen molar-refractivity contribution in [1.82, 2.24) is 0 Å². The predicted molar refractivity (Wildman–Crippen MR) is 86.5 cm³/mol. The first-order valence-electron chi connectivity index (χ1n) is 5.82. The SMILES string of the molecule is [N-]=[N+]=NC(=O)/C(=C/c1ccc([N+](=O)[O-])o1)c1ccc(I)cc1. The van der Waals surface area contributed by atoms with Crippen LogP contribution < -0.4 is 0 Å². The summed E-state index contributed by atoms with van der Waals surface area (Å²) < 4.78 is 5.95. The maximum Gasteiger partial charge on any atom is 0.433 e. The van der Waals surface area contributed by atoms with Gasteiger partial charge in [0.2, 0.25) is 5.91 Å². The molecule has 1 heterocycles. The largest absolute Gasteiger partial charge is 0.433 e. The summed E-state index contributed by atoms with van der Waals surface area (Å²) in [7, 11) is 0. The fourth-order valence-corrected chi connectivity index (χ4v) is 2.01. The lowest BCUT2D eigenvalue weighted by Crippen LogP contribution is -1.97.